The van der Waals surface area contributed by atoms with Crippen LogP contribution in [0.2, 0.25) is 0 Å². The predicted octanol–water partition coefficient (Wildman–Crippen LogP) is 0.828. The van der Waals surface area contributed by atoms with E-state index < -0.39 is 118 Å². The van der Waals surface area contributed by atoms with Gasteiger partial charge < -0.3 is 50.2 Å². The largest absolute Gasteiger partial charge is 0.459 e. The van der Waals surface area contributed by atoms with E-state index in [1.165, 1.54) is 6.92 Å². The van der Waals surface area contributed by atoms with Crippen LogP contribution in [-0.4, -0.2) is 115 Å². The van der Waals surface area contributed by atoms with Gasteiger partial charge in [-0.2, -0.15) is 0 Å². The molecule has 4 fully saturated rings. The van der Waals surface area contributed by atoms with Crippen molar-refractivity contribution in [2.24, 2.45) is 39.4 Å². The van der Waals surface area contributed by atoms with E-state index in [-0.39, 0.29) is 30.8 Å². The molecule has 284 valence electrons. The first-order valence-electron chi connectivity index (χ1n) is 17.8. The highest BCUT2D eigenvalue weighted by molar-refractivity contribution is 6.02. The van der Waals surface area contributed by atoms with Gasteiger partial charge in [0.05, 0.1) is 24.2 Å². The van der Waals surface area contributed by atoms with Crippen molar-refractivity contribution in [3.05, 3.63) is 23.5 Å². The third-order valence-electron chi connectivity index (χ3n) is 14.2. The number of hydrogen-bond acceptors (Lipinski definition) is 13. The summed E-state index contributed by atoms with van der Waals surface area (Å²) in [6.07, 6.45) is -5.98. The molecule has 0 aromatic heterocycles. The van der Waals surface area contributed by atoms with E-state index in [2.05, 4.69) is 5.32 Å². The van der Waals surface area contributed by atoms with Crippen molar-refractivity contribution in [2.75, 3.05) is 6.61 Å². The molecule has 14 unspecified atom stereocenters. The summed E-state index contributed by atoms with van der Waals surface area (Å²) in [6.45, 7) is 13.2. The molecule has 2 saturated carbocycles. The van der Waals surface area contributed by atoms with Gasteiger partial charge in [0.1, 0.15) is 41.4 Å². The Labute approximate surface area is 297 Å². The van der Waals surface area contributed by atoms with Gasteiger partial charge in [0, 0.05) is 30.1 Å². The van der Waals surface area contributed by atoms with Gasteiger partial charge in [-0.05, 0) is 70.3 Å². The molecule has 6 rings (SSSR count). The Morgan fingerprint density at radius 1 is 1.00 bits per heavy atom. The number of hydrogen-bond donors (Lipinski definition) is 7. The maximum absolute atomic E-state index is 14.8. The minimum atomic E-state index is -2.06. The first-order chi connectivity index (χ1) is 23.4. The topological polar surface area (TPSA) is 229 Å². The van der Waals surface area contributed by atoms with Gasteiger partial charge in [-0.3, -0.25) is 14.4 Å². The molecule has 6 aliphatic rings. The number of ketones is 3. The number of carbonyl (C=O) groups excluding carboxylic acids is 4. The lowest BCUT2D eigenvalue weighted by atomic mass is 9.39. The summed E-state index contributed by atoms with van der Waals surface area (Å²) >= 11 is 0. The molecule has 1 amide bonds. The maximum atomic E-state index is 14.8. The Kier molecular flexibility index (Phi) is 8.86. The molecule has 14 heteroatoms. The Morgan fingerprint density at radius 2 is 1.65 bits per heavy atom. The van der Waals surface area contributed by atoms with Crippen LogP contribution in [-0.2, 0) is 28.6 Å². The van der Waals surface area contributed by atoms with Gasteiger partial charge >= 0.3 is 6.09 Å². The highest BCUT2D eigenvalue weighted by Gasteiger charge is 2.74. The van der Waals surface area contributed by atoms with Crippen LogP contribution in [0, 0.1) is 39.4 Å². The fourth-order valence-electron chi connectivity index (χ4n) is 10.9. The Hall–Kier alpha value is -2.72. The number of aliphatic hydroxyl groups excluding tert-OH is 5. The third kappa shape index (κ3) is 5.22. The molecule has 14 atom stereocenters. The van der Waals surface area contributed by atoms with Gasteiger partial charge in [-0.15, -0.1) is 0 Å². The molecule has 14 nitrogen and oxygen atoms in total. The second-order valence-corrected chi connectivity index (χ2v) is 17.7. The summed E-state index contributed by atoms with van der Waals surface area (Å²) in [7, 11) is 0. The lowest BCUT2D eigenvalue weighted by Gasteiger charge is -2.63. The third-order valence-corrected chi connectivity index (χ3v) is 14.2. The number of amides is 1. The number of aliphatic hydroxyl groups is 6. The van der Waals surface area contributed by atoms with Gasteiger partial charge in [0.15, 0.2) is 11.5 Å². The van der Waals surface area contributed by atoms with E-state index in [9.17, 15) is 49.8 Å². The fourth-order valence-corrected chi connectivity index (χ4v) is 10.9. The highest BCUT2D eigenvalue weighted by atomic mass is 16.7. The SMILES string of the molecule is CC1(C)C(=O)C(OC2OC(CO)C(O)C(O)C2O)=CC2C1=CCC1C2(C)C(=O)CC2(C)C(C(C)(O)C(=O)CC3NC(=O)OC3(C)C)C(O)CC12C. The van der Waals surface area contributed by atoms with Crippen molar-refractivity contribution in [1.29, 1.82) is 0 Å². The normalized spacial score (nSPS) is 46.7. The number of carbonyl (C=O) groups is 4. The van der Waals surface area contributed by atoms with Gasteiger partial charge in [-0.25, -0.2) is 4.79 Å². The Balaban J connectivity index is 1.35. The van der Waals surface area contributed by atoms with Crippen molar-refractivity contribution in [2.45, 2.75) is 135 Å². The van der Waals surface area contributed by atoms with Crippen LogP contribution in [0.1, 0.15) is 81.1 Å². The van der Waals surface area contributed by atoms with Gasteiger partial charge in [0.2, 0.25) is 12.1 Å². The molecule has 2 heterocycles. The Morgan fingerprint density at radius 3 is 2.24 bits per heavy atom. The molecule has 0 aromatic rings. The monoisotopic (exact) mass is 719 g/mol. The molecule has 0 radical (unpaired) electrons. The zero-order valence-electron chi connectivity index (χ0n) is 30.5. The van der Waals surface area contributed by atoms with E-state index in [1.54, 1.807) is 33.8 Å². The minimum absolute atomic E-state index is 0.0781. The van der Waals surface area contributed by atoms with Gasteiger partial charge in [-0.1, -0.05) is 32.4 Å². The summed E-state index contributed by atoms with van der Waals surface area (Å²) in [5.74, 6) is -3.48. The molecule has 0 aromatic carbocycles. The van der Waals surface area contributed by atoms with Crippen LogP contribution in [0.25, 0.3) is 0 Å². The van der Waals surface area contributed by atoms with Crippen LogP contribution >= 0.6 is 0 Å². The van der Waals surface area contributed by atoms with Crippen LogP contribution in [0.3, 0.4) is 0 Å². The van der Waals surface area contributed by atoms with Gasteiger partial charge in [0.25, 0.3) is 0 Å². The van der Waals surface area contributed by atoms with Crippen molar-refractivity contribution >= 4 is 23.4 Å². The predicted molar refractivity (Wildman–Crippen MR) is 177 cm³/mol. The van der Waals surface area contributed by atoms with Crippen molar-refractivity contribution < 1.29 is 64.0 Å². The van der Waals surface area contributed by atoms with Crippen LogP contribution in [0.5, 0.6) is 0 Å². The molecular weight excluding hydrogens is 666 g/mol. The number of nitrogens with one attached hydrogen (secondary N) is 1. The summed E-state index contributed by atoms with van der Waals surface area (Å²) in [5, 5.41) is 67.4. The number of rotatable bonds is 7. The van der Waals surface area contributed by atoms with E-state index in [1.807, 2.05) is 26.8 Å². The van der Waals surface area contributed by atoms with Crippen LogP contribution in [0.4, 0.5) is 4.79 Å². The average Bonchev–Trinajstić information content (AvgIpc) is 3.41. The number of Topliss-reactive ketones (excluding diaryl/α,β-unsaturated/α-hetero) is 3. The van der Waals surface area contributed by atoms with E-state index in [0.29, 0.717) is 12.0 Å². The molecule has 2 aliphatic heterocycles. The number of ether oxygens (including phenoxy) is 3. The molecule has 51 heavy (non-hydrogen) atoms. The average molecular weight is 720 g/mol. The van der Waals surface area contributed by atoms with E-state index in [0.717, 1.165) is 0 Å². The fraction of sp³-hybridized carbons (Fsp3) is 0.784. The van der Waals surface area contributed by atoms with Crippen LogP contribution in [0.15, 0.2) is 23.5 Å². The quantitative estimate of drug-likeness (QED) is 0.181. The highest BCUT2D eigenvalue weighted by Crippen LogP contribution is 2.74. The molecule has 4 aliphatic carbocycles. The standard InChI is InChI=1S/C37H53NO13/c1-32(2)16-9-10-21-34(5)13-18(40)28(37(8,48)23(41)12-22-33(3,4)51-31(47)38-22)35(34,6)14-24(42)36(21,7)17(16)11-19(29(32)46)49-30-27(45)26(44)25(43)20(15-39)50-30/h9,11,17-18,20-22,25-28,30,39-40,43-45,48H,10,12-15H2,1-8H3,(H,38,47). The molecular formula is C37H53NO13. The molecule has 0 bridgehead atoms. The number of fused-ring (bicyclic) bond motifs is 5. The van der Waals surface area contributed by atoms with Crippen LogP contribution < -0.4 is 5.32 Å². The number of alkyl carbamates (subject to hydrolysis) is 1. The summed E-state index contributed by atoms with van der Waals surface area (Å²) in [5.41, 5.74) is -6.45. The summed E-state index contributed by atoms with van der Waals surface area (Å²) in [4.78, 5) is 54.6. The first-order valence-corrected chi connectivity index (χ1v) is 17.8. The van der Waals surface area contributed by atoms with E-state index >= 15 is 0 Å². The zero-order valence-corrected chi connectivity index (χ0v) is 30.5. The molecule has 2 saturated heterocycles. The second kappa shape index (κ2) is 11.9. The van der Waals surface area contributed by atoms with E-state index in [4.69, 9.17) is 14.2 Å². The molecule has 7 N–H and O–H groups in total. The summed E-state index contributed by atoms with van der Waals surface area (Å²) in [6, 6.07) is -0.705. The number of allylic oxidation sites excluding steroid dienone is 4. The zero-order chi connectivity index (χ0) is 38.0. The smallest absolute Gasteiger partial charge is 0.408 e. The lowest BCUT2D eigenvalue weighted by molar-refractivity contribution is -0.291. The minimum Gasteiger partial charge on any atom is -0.459 e. The first kappa shape index (κ1) is 38.0. The summed E-state index contributed by atoms with van der Waals surface area (Å²) < 4.78 is 16.8. The molecule has 0 spiro atoms. The van der Waals surface area contributed by atoms with Crippen molar-refractivity contribution in [3.8, 4) is 0 Å². The van der Waals surface area contributed by atoms with Crippen molar-refractivity contribution in [3.63, 3.8) is 0 Å². The maximum Gasteiger partial charge on any atom is 0.408 e. The van der Waals surface area contributed by atoms with Crippen molar-refractivity contribution in [1.82, 2.24) is 5.32 Å². The number of cyclic esters (lactones) is 1. The lowest BCUT2D eigenvalue weighted by Crippen LogP contribution is -2.64. The Bertz CT molecular complexity index is 1580. The second-order valence-electron chi connectivity index (χ2n) is 17.7.